The van der Waals surface area contributed by atoms with Crippen LogP contribution in [0.5, 0.6) is 0 Å². The molecule has 0 nitrogen and oxygen atoms in total. The molecule has 18 heavy (non-hydrogen) atoms. The molecule has 0 fully saturated rings. The van der Waals surface area contributed by atoms with Crippen molar-refractivity contribution in [1.82, 2.24) is 0 Å². The molecule has 3 atom stereocenters. The van der Waals surface area contributed by atoms with Crippen molar-refractivity contribution >= 4 is 0 Å². The molecule has 0 aliphatic heterocycles. The number of hydrogen-bond donors (Lipinski definition) is 0. The molecule has 0 saturated carbocycles. The summed E-state index contributed by atoms with van der Waals surface area (Å²) in [6.45, 7) is 14.3. The van der Waals surface area contributed by atoms with Crippen LogP contribution in [-0.4, -0.2) is 0 Å². The van der Waals surface area contributed by atoms with Crippen LogP contribution < -0.4 is 0 Å². The Kier molecular flexibility index (Phi) is 10.9. The maximum Gasteiger partial charge on any atom is -0.0365 e. The second-order valence-corrected chi connectivity index (χ2v) is 6.66. The van der Waals surface area contributed by atoms with Gasteiger partial charge in [-0.15, -0.1) is 0 Å². The van der Waals surface area contributed by atoms with Crippen LogP contribution in [0, 0.1) is 23.7 Å². The number of hydrogen-bond acceptors (Lipinski definition) is 0. The Morgan fingerprint density at radius 2 is 1.33 bits per heavy atom. The molecule has 0 aliphatic carbocycles. The van der Waals surface area contributed by atoms with Crippen LogP contribution in [0.4, 0.5) is 0 Å². The summed E-state index contributed by atoms with van der Waals surface area (Å²) in [6.07, 6.45) is 11.3. The lowest BCUT2D eigenvalue weighted by atomic mass is 9.77. The molecule has 0 bridgehead atoms. The first-order chi connectivity index (χ1) is 8.56. The smallest absolute Gasteiger partial charge is 0.0365 e. The second-order valence-electron chi connectivity index (χ2n) is 6.66. The fourth-order valence-corrected chi connectivity index (χ4v) is 3.50. The molecule has 0 heterocycles. The van der Waals surface area contributed by atoms with Crippen molar-refractivity contribution in [2.24, 2.45) is 23.7 Å². The van der Waals surface area contributed by atoms with Crippen molar-refractivity contribution in [3.8, 4) is 0 Å². The molecular weight excluding hydrogens is 216 g/mol. The van der Waals surface area contributed by atoms with Gasteiger partial charge in [-0.25, -0.2) is 0 Å². The maximum absolute atomic E-state index is 2.44. The molecule has 110 valence electrons. The first-order valence-electron chi connectivity index (χ1n) is 8.56. The van der Waals surface area contributed by atoms with Gasteiger partial charge in [0, 0.05) is 0 Å². The van der Waals surface area contributed by atoms with Crippen molar-refractivity contribution in [2.75, 3.05) is 0 Å². The van der Waals surface area contributed by atoms with Crippen molar-refractivity contribution < 1.29 is 0 Å². The van der Waals surface area contributed by atoms with Crippen LogP contribution in [0.1, 0.15) is 92.9 Å². The standard InChI is InChI=1S/C18H38/c1-7-10-12-16(6)13-11-14-17(8-2)18(9-3)15(4)5/h15-18H,7-14H2,1-6H3. The van der Waals surface area contributed by atoms with Gasteiger partial charge in [-0.2, -0.15) is 0 Å². The monoisotopic (exact) mass is 254 g/mol. The van der Waals surface area contributed by atoms with Crippen LogP contribution in [0.3, 0.4) is 0 Å². The molecule has 0 rings (SSSR count). The van der Waals surface area contributed by atoms with Gasteiger partial charge in [-0.3, -0.25) is 0 Å². The van der Waals surface area contributed by atoms with Gasteiger partial charge in [0.2, 0.25) is 0 Å². The van der Waals surface area contributed by atoms with E-state index in [1.54, 1.807) is 0 Å². The number of unbranched alkanes of at least 4 members (excludes halogenated alkanes) is 1. The summed E-state index contributed by atoms with van der Waals surface area (Å²) in [5.41, 5.74) is 0. The van der Waals surface area contributed by atoms with Crippen molar-refractivity contribution in [3.63, 3.8) is 0 Å². The van der Waals surface area contributed by atoms with E-state index in [1.807, 2.05) is 0 Å². The largest absolute Gasteiger partial charge is 0.0654 e. The van der Waals surface area contributed by atoms with E-state index < -0.39 is 0 Å². The minimum atomic E-state index is 0.859. The molecule has 0 N–H and O–H groups in total. The molecule has 0 radical (unpaired) electrons. The Hall–Kier alpha value is 0. The normalized spacial score (nSPS) is 16.8. The van der Waals surface area contributed by atoms with Gasteiger partial charge in [0.25, 0.3) is 0 Å². The van der Waals surface area contributed by atoms with Crippen LogP contribution in [0.15, 0.2) is 0 Å². The molecular formula is C18H38. The van der Waals surface area contributed by atoms with Gasteiger partial charge in [0.1, 0.15) is 0 Å². The average Bonchev–Trinajstić information content (AvgIpc) is 2.34. The van der Waals surface area contributed by atoms with E-state index in [-0.39, 0.29) is 0 Å². The van der Waals surface area contributed by atoms with E-state index >= 15 is 0 Å². The zero-order valence-electron chi connectivity index (χ0n) is 14.0. The summed E-state index contributed by atoms with van der Waals surface area (Å²) in [5, 5.41) is 0. The highest BCUT2D eigenvalue weighted by molar-refractivity contribution is 4.71. The third-order valence-corrected chi connectivity index (χ3v) is 4.78. The fourth-order valence-electron chi connectivity index (χ4n) is 3.50. The predicted molar refractivity (Wildman–Crippen MR) is 84.9 cm³/mol. The highest BCUT2D eigenvalue weighted by atomic mass is 14.3. The van der Waals surface area contributed by atoms with Crippen LogP contribution >= 0.6 is 0 Å². The molecule has 0 aromatic heterocycles. The van der Waals surface area contributed by atoms with Crippen molar-refractivity contribution in [1.29, 1.82) is 0 Å². The maximum atomic E-state index is 2.44. The van der Waals surface area contributed by atoms with Crippen LogP contribution in [-0.2, 0) is 0 Å². The van der Waals surface area contributed by atoms with Gasteiger partial charge in [-0.1, -0.05) is 92.9 Å². The highest BCUT2D eigenvalue weighted by Crippen LogP contribution is 2.31. The second kappa shape index (κ2) is 10.9. The molecule has 0 amide bonds. The Balaban J connectivity index is 3.92. The molecule has 0 spiro atoms. The molecule has 0 heteroatoms. The molecule has 0 aromatic carbocycles. The summed E-state index contributed by atoms with van der Waals surface area (Å²) in [6, 6.07) is 0. The zero-order valence-corrected chi connectivity index (χ0v) is 14.0. The highest BCUT2D eigenvalue weighted by Gasteiger charge is 2.21. The van der Waals surface area contributed by atoms with Crippen molar-refractivity contribution in [2.45, 2.75) is 92.9 Å². The van der Waals surface area contributed by atoms with Gasteiger partial charge in [0.15, 0.2) is 0 Å². The lowest BCUT2D eigenvalue weighted by molar-refractivity contribution is 0.217. The van der Waals surface area contributed by atoms with Gasteiger partial charge >= 0.3 is 0 Å². The van der Waals surface area contributed by atoms with E-state index in [2.05, 4.69) is 41.5 Å². The van der Waals surface area contributed by atoms with E-state index in [4.69, 9.17) is 0 Å². The third kappa shape index (κ3) is 7.44. The first-order valence-corrected chi connectivity index (χ1v) is 8.56. The quantitative estimate of drug-likeness (QED) is 0.385. The molecule has 0 aromatic rings. The molecule has 0 aliphatic rings. The number of rotatable bonds is 11. The predicted octanol–water partition coefficient (Wildman–Crippen LogP) is 6.69. The minimum Gasteiger partial charge on any atom is -0.0654 e. The summed E-state index contributed by atoms with van der Waals surface area (Å²) in [5.74, 6) is 3.72. The summed E-state index contributed by atoms with van der Waals surface area (Å²) in [7, 11) is 0. The van der Waals surface area contributed by atoms with Gasteiger partial charge < -0.3 is 0 Å². The topological polar surface area (TPSA) is 0 Å². The van der Waals surface area contributed by atoms with Crippen molar-refractivity contribution in [3.05, 3.63) is 0 Å². The third-order valence-electron chi connectivity index (χ3n) is 4.78. The molecule has 0 saturated heterocycles. The zero-order chi connectivity index (χ0) is 14.0. The van der Waals surface area contributed by atoms with Crippen LogP contribution in [0.25, 0.3) is 0 Å². The lowest BCUT2D eigenvalue weighted by Gasteiger charge is -2.29. The molecule has 3 unspecified atom stereocenters. The summed E-state index contributed by atoms with van der Waals surface area (Å²) < 4.78 is 0. The lowest BCUT2D eigenvalue weighted by Crippen LogP contribution is -2.19. The Morgan fingerprint density at radius 1 is 0.722 bits per heavy atom. The Morgan fingerprint density at radius 3 is 1.78 bits per heavy atom. The summed E-state index contributed by atoms with van der Waals surface area (Å²) >= 11 is 0. The van der Waals surface area contributed by atoms with Gasteiger partial charge in [0.05, 0.1) is 0 Å². The van der Waals surface area contributed by atoms with E-state index in [9.17, 15) is 0 Å². The average molecular weight is 255 g/mol. The fraction of sp³-hybridized carbons (Fsp3) is 1.00. The summed E-state index contributed by atoms with van der Waals surface area (Å²) in [4.78, 5) is 0. The van der Waals surface area contributed by atoms with Crippen LogP contribution in [0.2, 0.25) is 0 Å². The first kappa shape index (κ1) is 18.0. The Bertz CT molecular complexity index is 171. The van der Waals surface area contributed by atoms with E-state index in [0.717, 1.165) is 23.7 Å². The SMILES string of the molecule is CCCCC(C)CCCC(CC)C(CC)C(C)C. The Labute approximate surface area is 117 Å². The van der Waals surface area contributed by atoms with E-state index in [0.29, 0.717) is 0 Å². The van der Waals surface area contributed by atoms with E-state index in [1.165, 1.54) is 51.4 Å². The van der Waals surface area contributed by atoms with Gasteiger partial charge in [-0.05, 0) is 23.7 Å². The minimum absolute atomic E-state index is 0.859.